The van der Waals surface area contributed by atoms with Gasteiger partial charge in [-0.1, -0.05) is 13.0 Å². The Morgan fingerprint density at radius 2 is 1.82 bits per heavy atom. The number of rotatable bonds is 7. The van der Waals surface area contributed by atoms with Crippen LogP contribution in [0.4, 0.5) is 5.82 Å². The van der Waals surface area contributed by atoms with Gasteiger partial charge in [-0.05, 0) is 36.4 Å². The number of amides is 1. The average molecular weight is 384 g/mol. The van der Waals surface area contributed by atoms with E-state index in [4.69, 9.17) is 9.47 Å². The molecule has 1 N–H and O–H groups in total. The lowest BCUT2D eigenvalue weighted by Gasteiger charge is -2.34. The minimum Gasteiger partial charge on any atom is -0.493 e. The first kappa shape index (κ1) is 19.9. The van der Waals surface area contributed by atoms with E-state index >= 15 is 0 Å². The molecule has 1 aromatic carbocycles. The van der Waals surface area contributed by atoms with E-state index in [1.54, 1.807) is 20.4 Å². The van der Waals surface area contributed by atoms with Gasteiger partial charge in [-0.15, -0.1) is 0 Å². The second-order valence-corrected chi connectivity index (χ2v) is 6.70. The van der Waals surface area contributed by atoms with E-state index in [-0.39, 0.29) is 5.91 Å². The highest BCUT2D eigenvalue weighted by molar-refractivity contribution is 5.94. The number of ether oxygens (including phenoxy) is 2. The van der Waals surface area contributed by atoms with Gasteiger partial charge in [0.1, 0.15) is 5.82 Å². The van der Waals surface area contributed by atoms with Crippen LogP contribution >= 0.6 is 0 Å². The van der Waals surface area contributed by atoms with Crippen LogP contribution in [0.15, 0.2) is 36.5 Å². The Labute approximate surface area is 166 Å². The average Bonchev–Trinajstić information content (AvgIpc) is 2.77. The molecule has 0 atom stereocenters. The van der Waals surface area contributed by atoms with Gasteiger partial charge in [0, 0.05) is 38.9 Å². The molecule has 0 saturated carbocycles. The number of benzene rings is 1. The highest BCUT2D eigenvalue weighted by Gasteiger charge is 2.21. The van der Waals surface area contributed by atoms with Crippen molar-refractivity contribution in [2.75, 3.05) is 52.3 Å². The number of hydrogen-bond acceptors (Lipinski definition) is 6. The molecule has 1 aliphatic heterocycles. The van der Waals surface area contributed by atoms with Crippen LogP contribution in [0, 0.1) is 0 Å². The maximum absolute atomic E-state index is 12.6. The Balaban J connectivity index is 1.56. The Hall–Kier alpha value is -2.80. The molecule has 1 aromatic heterocycles. The number of hydrogen-bond donors (Lipinski definition) is 1. The van der Waals surface area contributed by atoms with Gasteiger partial charge in [0.25, 0.3) is 5.91 Å². The lowest BCUT2D eigenvalue weighted by atomic mass is 10.2. The largest absolute Gasteiger partial charge is 0.493 e. The summed E-state index contributed by atoms with van der Waals surface area (Å²) in [5.41, 5.74) is 1.68. The monoisotopic (exact) mass is 384 g/mol. The molecule has 3 rings (SSSR count). The fourth-order valence-corrected chi connectivity index (χ4v) is 3.26. The highest BCUT2D eigenvalue weighted by Crippen LogP contribution is 2.27. The van der Waals surface area contributed by atoms with Crippen LogP contribution in [0.3, 0.4) is 0 Å². The number of nitrogens with one attached hydrogen (secondary N) is 1. The van der Waals surface area contributed by atoms with Crippen LogP contribution in [0.1, 0.15) is 22.8 Å². The first-order chi connectivity index (χ1) is 13.6. The van der Waals surface area contributed by atoms with E-state index in [2.05, 4.69) is 22.1 Å². The molecule has 2 aromatic rings. The van der Waals surface area contributed by atoms with Gasteiger partial charge in [0.15, 0.2) is 11.5 Å². The first-order valence-electron chi connectivity index (χ1n) is 9.57. The summed E-state index contributed by atoms with van der Waals surface area (Å²) in [7, 11) is 3.24. The molecule has 0 spiro atoms. The van der Waals surface area contributed by atoms with Gasteiger partial charge in [-0.25, -0.2) is 4.98 Å². The number of carbonyl (C=O) groups excluding carboxylic acids is 1. The molecule has 0 bridgehead atoms. The third-order valence-corrected chi connectivity index (χ3v) is 5.04. The molecule has 28 heavy (non-hydrogen) atoms. The van der Waals surface area contributed by atoms with Gasteiger partial charge in [0.05, 0.1) is 19.8 Å². The van der Waals surface area contributed by atoms with Crippen LogP contribution in [-0.2, 0) is 6.54 Å². The highest BCUT2D eigenvalue weighted by atomic mass is 16.5. The van der Waals surface area contributed by atoms with Crippen molar-refractivity contribution in [1.82, 2.24) is 14.8 Å². The zero-order valence-electron chi connectivity index (χ0n) is 16.8. The van der Waals surface area contributed by atoms with Crippen LogP contribution in [0.25, 0.3) is 0 Å². The maximum Gasteiger partial charge on any atom is 0.255 e. The van der Waals surface area contributed by atoms with E-state index < -0.39 is 0 Å². The summed E-state index contributed by atoms with van der Waals surface area (Å²) >= 11 is 0. The third-order valence-electron chi connectivity index (χ3n) is 5.04. The summed E-state index contributed by atoms with van der Waals surface area (Å²) in [6.07, 6.45) is 1.64. The fraction of sp³-hybridized carbons (Fsp3) is 0.429. The third kappa shape index (κ3) is 4.72. The molecule has 1 aliphatic rings. The van der Waals surface area contributed by atoms with E-state index in [0.29, 0.717) is 23.6 Å². The second kappa shape index (κ2) is 9.41. The van der Waals surface area contributed by atoms with Crippen molar-refractivity contribution in [3.05, 3.63) is 47.7 Å². The number of likely N-dealkylation sites (N-methyl/N-ethyl adjacent to an activating group) is 1. The van der Waals surface area contributed by atoms with Crippen molar-refractivity contribution in [3.8, 4) is 11.5 Å². The molecule has 1 amide bonds. The number of anilines is 1. The number of carbonyl (C=O) groups is 1. The molecule has 0 unspecified atom stereocenters. The predicted octanol–water partition coefficient (Wildman–Crippen LogP) is 2.49. The quantitative estimate of drug-likeness (QED) is 0.791. The Morgan fingerprint density at radius 3 is 2.43 bits per heavy atom. The second-order valence-electron chi connectivity index (χ2n) is 6.70. The first-order valence-corrected chi connectivity index (χ1v) is 9.57. The molecule has 2 heterocycles. The van der Waals surface area contributed by atoms with Gasteiger partial charge in [-0.3, -0.25) is 4.79 Å². The maximum atomic E-state index is 12.6. The van der Waals surface area contributed by atoms with Crippen LogP contribution < -0.4 is 14.8 Å². The molecule has 0 radical (unpaired) electrons. The van der Waals surface area contributed by atoms with E-state index in [1.807, 2.05) is 35.2 Å². The normalized spacial score (nSPS) is 14.6. The SMILES string of the molecule is CCN1CCN(C(=O)c2ccc(NCc3ccc(OC)c(OC)c3)nc2)CC1. The molecule has 7 nitrogen and oxygen atoms in total. The summed E-state index contributed by atoms with van der Waals surface area (Å²) in [6.45, 7) is 7.18. The summed E-state index contributed by atoms with van der Waals surface area (Å²) in [6, 6.07) is 9.46. The Bertz CT molecular complexity index is 787. The van der Waals surface area contributed by atoms with Crippen molar-refractivity contribution in [2.45, 2.75) is 13.5 Å². The Morgan fingerprint density at radius 1 is 1.07 bits per heavy atom. The zero-order valence-corrected chi connectivity index (χ0v) is 16.8. The van der Waals surface area contributed by atoms with E-state index in [9.17, 15) is 4.79 Å². The smallest absolute Gasteiger partial charge is 0.255 e. The molecular formula is C21H28N4O3. The van der Waals surface area contributed by atoms with Crippen molar-refractivity contribution in [2.24, 2.45) is 0 Å². The lowest BCUT2D eigenvalue weighted by Crippen LogP contribution is -2.48. The topological polar surface area (TPSA) is 66.9 Å². The summed E-state index contributed by atoms with van der Waals surface area (Å²) in [5, 5.41) is 3.27. The van der Waals surface area contributed by atoms with Gasteiger partial charge in [0.2, 0.25) is 0 Å². The molecule has 150 valence electrons. The number of pyridine rings is 1. The summed E-state index contributed by atoms with van der Waals surface area (Å²) < 4.78 is 10.6. The van der Waals surface area contributed by atoms with Crippen molar-refractivity contribution >= 4 is 11.7 Å². The number of methoxy groups -OCH3 is 2. The minimum absolute atomic E-state index is 0.0506. The predicted molar refractivity (Wildman–Crippen MR) is 109 cm³/mol. The molecular weight excluding hydrogens is 356 g/mol. The van der Waals surface area contributed by atoms with Gasteiger partial charge < -0.3 is 24.6 Å². The van der Waals surface area contributed by atoms with E-state index in [1.165, 1.54) is 0 Å². The van der Waals surface area contributed by atoms with Crippen molar-refractivity contribution in [1.29, 1.82) is 0 Å². The standard InChI is InChI=1S/C21H28N4O3/c1-4-24-9-11-25(12-10-24)21(26)17-6-8-20(23-15-17)22-14-16-5-7-18(27-2)19(13-16)28-3/h5-8,13,15H,4,9-12,14H2,1-3H3,(H,22,23). The number of aromatic nitrogens is 1. The van der Waals surface area contributed by atoms with Crippen molar-refractivity contribution < 1.29 is 14.3 Å². The minimum atomic E-state index is 0.0506. The number of nitrogens with zero attached hydrogens (tertiary/aromatic N) is 3. The summed E-state index contributed by atoms with van der Waals surface area (Å²) in [4.78, 5) is 21.3. The van der Waals surface area contributed by atoms with E-state index in [0.717, 1.165) is 44.1 Å². The molecule has 1 saturated heterocycles. The molecule has 1 fully saturated rings. The van der Waals surface area contributed by atoms with Gasteiger partial charge >= 0.3 is 0 Å². The number of piperazine rings is 1. The van der Waals surface area contributed by atoms with Gasteiger partial charge in [-0.2, -0.15) is 0 Å². The van der Waals surface area contributed by atoms with Crippen LogP contribution in [-0.4, -0.2) is 67.6 Å². The fourth-order valence-electron chi connectivity index (χ4n) is 3.26. The molecule has 0 aliphatic carbocycles. The van der Waals surface area contributed by atoms with Crippen LogP contribution in [0.2, 0.25) is 0 Å². The van der Waals surface area contributed by atoms with Crippen LogP contribution in [0.5, 0.6) is 11.5 Å². The zero-order chi connectivity index (χ0) is 19.9. The molecule has 7 heteroatoms. The Kier molecular flexibility index (Phi) is 6.71. The lowest BCUT2D eigenvalue weighted by molar-refractivity contribution is 0.0643. The summed E-state index contributed by atoms with van der Waals surface area (Å²) in [5.74, 6) is 2.17. The van der Waals surface area contributed by atoms with Crippen molar-refractivity contribution in [3.63, 3.8) is 0 Å².